The van der Waals surface area contributed by atoms with Gasteiger partial charge in [-0.25, -0.2) is 0 Å². The van der Waals surface area contributed by atoms with Crippen molar-refractivity contribution in [2.24, 2.45) is 0 Å². The van der Waals surface area contributed by atoms with E-state index < -0.39 is 5.97 Å². The van der Waals surface area contributed by atoms with Crippen LogP contribution < -0.4 is 0 Å². The summed E-state index contributed by atoms with van der Waals surface area (Å²) in [5.41, 5.74) is 1.07. The van der Waals surface area contributed by atoms with Crippen LogP contribution in [0.2, 0.25) is 0 Å². The molecule has 0 unspecified atom stereocenters. The van der Waals surface area contributed by atoms with E-state index in [-0.39, 0.29) is 12.6 Å². The fourth-order valence-electron chi connectivity index (χ4n) is 1.96. The van der Waals surface area contributed by atoms with Gasteiger partial charge in [-0.05, 0) is 11.6 Å². The highest BCUT2D eigenvalue weighted by molar-refractivity contribution is 9.10. The van der Waals surface area contributed by atoms with Crippen LogP contribution in [0.4, 0.5) is 0 Å². The van der Waals surface area contributed by atoms with E-state index in [1.165, 1.54) is 0 Å². The largest absolute Gasteiger partial charge is 0.480 e. The first-order valence-electron chi connectivity index (χ1n) is 5.47. The average molecular weight is 300 g/mol. The Bertz CT molecular complexity index is 410. The quantitative estimate of drug-likeness (QED) is 0.926. The second kappa shape index (κ2) is 5.62. The van der Waals surface area contributed by atoms with Gasteiger partial charge in [0.2, 0.25) is 0 Å². The normalized spacial score (nSPS) is 21.4. The first-order valence-corrected chi connectivity index (χ1v) is 6.26. The Balaban J connectivity index is 2.07. The number of hydrogen-bond acceptors (Lipinski definition) is 3. The van der Waals surface area contributed by atoms with Crippen LogP contribution in [0.15, 0.2) is 28.7 Å². The van der Waals surface area contributed by atoms with Crippen LogP contribution in [0.5, 0.6) is 0 Å². The summed E-state index contributed by atoms with van der Waals surface area (Å²) in [5, 5.41) is 8.79. The van der Waals surface area contributed by atoms with Gasteiger partial charge < -0.3 is 9.84 Å². The summed E-state index contributed by atoms with van der Waals surface area (Å²) in [6.07, 6.45) is -0.0568. The van der Waals surface area contributed by atoms with E-state index in [1.54, 1.807) is 0 Å². The molecular weight excluding hydrogens is 286 g/mol. The summed E-state index contributed by atoms with van der Waals surface area (Å²) < 4.78 is 6.69. The van der Waals surface area contributed by atoms with Crippen molar-refractivity contribution < 1.29 is 14.6 Å². The van der Waals surface area contributed by atoms with Crippen molar-refractivity contribution in [1.82, 2.24) is 4.90 Å². The van der Waals surface area contributed by atoms with Crippen molar-refractivity contribution in [3.63, 3.8) is 0 Å². The Labute approximate surface area is 108 Å². The van der Waals surface area contributed by atoms with Gasteiger partial charge in [0.25, 0.3) is 0 Å². The molecule has 1 heterocycles. The molecule has 0 amide bonds. The highest BCUT2D eigenvalue weighted by Crippen LogP contribution is 2.28. The molecule has 0 aliphatic carbocycles. The molecule has 0 aromatic heterocycles. The van der Waals surface area contributed by atoms with E-state index in [9.17, 15) is 4.79 Å². The predicted octanol–water partition coefficient (Wildman–Crippen LogP) is 1.91. The molecular formula is C12H14BrNO3. The first-order chi connectivity index (χ1) is 8.16. The van der Waals surface area contributed by atoms with Gasteiger partial charge in [-0.15, -0.1) is 0 Å². The molecule has 2 rings (SSSR count). The maximum atomic E-state index is 10.7. The van der Waals surface area contributed by atoms with Gasteiger partial charge in [-0.1, -0.05) is 34.1 Å². The molecule has 5 heteroatoms. The number of benzene rings is 1. The zero-order valence-electron chi connectivity index (χ0n) is 9.30. The highest BCUT2D eigenvalue weighted by Gasteiger charge is 2.24. The van der Waals surface area contributed by atoms with E-state index in [2.05, 4.69) is 15.9 Å². The van der Waals surface area contributed by atoms with Crippen molar-refractivity contribution in [3.8, 4) is 0 Å². The van der Waals surface area contributed by atoms with Gasteiger partial charge in [-0.3, -0.25) is 9.69 Å². The average Bonchev–Trinajstić information content (AvgIpc) is 2.29. The van der Waals surface area contributed by atoms with Gasteiger partial charge in [-0.2, -0.15) is 0 Å². The second-order valence-electron chi connectivity index (χ2n) is 4.01. The summed E-state index contributed by atoms with van der Waals surface area (Å²) in [7, 11) is 0. The smallest absolute Gasteiger partial charge is 0.317 e. The van der Waals surface area contributed by atoms with Crippen molar-refractivity contribution in [2.45, 2.75) is 6.10 Å². The van der Waals surface area contributed by atoms with Gasteiger partial charge in [0.15, 0.2) is 0 Å². The molecule has 0 saturated carbocycles. The number of morpholine rings is 1. The van der Waals surface area contributed by atoms with E-state index in [0.29, 0.717) is 19.7 Å². The molecule has 1 aromatic rings. The monoisotopic (exact) mass is 299 g/mol. The minimum Gasteiger partial charge on any atom is -0.480 e. The Morgan fingerprint density at radius 2 is 2.29 bits per heavy atom. The molecule has 1 saturated heterocycles. The molecule has 1 aliphatic heterocycles. The number of aliphatic carboxylic acids is 1. The SMILES string of the molecule is O=C(O)CN1CCO[C@H](c2ccccc2Br)C1. The Morgan fingerprint density at radius 3 is 3.00 bits per heavy atom. The van der Waals surface area contributed by atoms with E-state index in [4.69, 9.17) is 9.84 Å². The molecule has 0 bridgehead atoms. The molecule has 4 nitrogen and oxygen atoms in total. The van der Waals surface area contributed by atoms with Crippen molar-refractivity contribution in [3.05, 3.63) is 34.3 Å². The molecule has 1 aromatic carbocycles. The lowest BCUT2D eigenvalue weighted by Crippen LogP contribution is -2.41. The lowest BCUT2D eigenvalue weighted by atomic mass is 10.1. The maximum Gasteiger partial charge on any atom is 0.317 e. The number of carbonyl (C=O) groups is 1. The number of halogens is 1. The molecule has 1 N–H and O–H groups in total. The van der Waals surface area contributed by atoms with Crippen LogP contribution in [-0.2, 0) is 9.53 Å². The maximum absolute atomic E-state index is 10.7. The van der Waals surface area contributed by atoms with Crippen LogP contribution in [0, 0.1) is 0 Å². The van der Waals surface area contributed by atoms with Crippen LogP contribution >= 0.6 is 15.9 Å². The van der Waals surface area contributed by atoms with E-state index in [1.807, 2.05) is 29.2 Å². The van der Waals surface area contributed by atoms with Crippen LogP contribution in [0.25, 0.3) is 0 Å². The van der Waals surface area contributed by atoms with Crippen LogP contribution in [0.1, 0.15) is 11.7 Å². The van der Waals surface area contributed by atoms with Crippen LogP contribution in [-0.4, -0.2) is 42.2 Å². The number of nitrogens with zero attached hydrogens (tertiary/aromatic N) is 1. The topological polar surface area (TPSA) is 49.8 Å². The van der Waals surface area contributed by atoms with Crippen molar-refractivity contribution in [1.29, 1.82) is 0 Å². The van der Waals surface area contributed by atoms with Crippen LogP contribution in [0.3, 0.4) is 0 Å². The summed E-state index contributed by atoms with van der Waals surface area (Å²) in [6, 6.07) is 7.87. The third-order valence-corrected chi connectivity index (χ3v) is 3.48. The van der Waals surface area contributed by atoms with Gasteiger partial charge in [0.05, 0.1) is 19.3 Å². The molecule has 0 spiro atoms. The first kappa shape index (κ1) is 12.5. The Hall–Kier alpha value is -0.910. The van der Waals surface area contributed by atoms with Crippen molar-refractivity contribution >= 4 is 21.9 Å². The molecule has 1 aliphatic rings. The summed E-state index contributed by atoms with van der Waals surface area (Å²) in [6.45, 7) is 1.94. The Kier molecular flexibility index (Phi) is 4.15. The molecule has 1 atom stereocenters. The standard InChI is InChI=1S/C12H14BrNO3/c13-10-4-2-1-3-9(10)11-7-14(5-6-17-11)8-12(15)16/h1-4,11H,5-8H2,(H,15,16)/t11-/m0/s1. The number of ether oxygens (including phenoxy) is 1. The summed E-state index contributed by atoms with van der Waals surface area (Å²) >= 11 is 3.49. The third kappa shape index (κ3) is 3.28. The number of rotatable bonds is 3. The second-order valence-corrected chi connectivity index (χ2v) is 4.86. The van der Waals surface area contributed by atoms with Gasteiger partial charge in [0, 0.05) is 17.6 Å². The zero-order valence-corrected chi connectivity index (χ0v) is 10.9. The number of carboxylic acids is 1. The molecule has 92 valence electrons. The fourth-order valence-corrected chi connectivity index (χ4v) is 2.50. The predicted molar refractivity (Wildman–Crippen MR) is 66.9 cm³/mol. The molecule has 17 heavy (non-hydrogen) atoms. The van der Waals surface area contributed by atoms with Crippen molar-refractivity contribution in [2.75, 3.05) is 26.2 Å². The minimum absolute atomic E-state index is 0.0568. The van der Waals surface area contributed by atoms with Gasteiger partial charge >= 0.3 is 5.97 Å². The van der Waals surface area contributed by atoms with E-state index >= 15 is 0 Å². The highest BCUT2D eigenvalue weighted by atomic mass is 79.9. The lowest BCUT2D eigenvalue weighted by Gasteiger charge is -2.32. The zero-order chi connectivity index (χ0) is 12.3. The molecule has 0 radical (unpaired) electrons. The number of hydrogen-bond donors (Lipinski definition) is 1. The lowest BCUT2D eigenvalue weighted by molar-refractivity contribution is -0.140. The van der Waals surface area contributed by atoms with E-state index in [0.717, 1.165) is 10.0 Å². The summed E-state index contributed by atoms with van der Waals surface area (Å²) in [4.78, 5) is 12.6. The number of carboxylic acid groups (broad SMARTS) is 1. The third-order valence-electron chi connectivity index (χ3n) is 2.76. The van der Waals surface area contributed by atoms with Gasteiger partial charge in [0.1, 0.15) is 0 Å². The Morgan fingerprint density at radius 1 is 1.53 bits per heavy atom. The fraction of sp³-hybridized carbons (Fsp3) is 0.417. The summed E-state index contributed by atoms with van der Waals surface area (Å²) in [5.74, 6) is -0.794. The molecule has 1 fully saturated rings. The minimum atomic E-state index is -0.794.